The molecule has 6 heteroatoms. The first-order valence-electron chi connectivity index (χ1n) is 6.57. The second kappa shape index (κ2) is 5.67. The van der Waals surface area contributed by atoms with E-state index >= 15 is 0 Å². The van der Waals surface area contributed by atoms with Crippen LogP contribution in [0.15, 0.2) is 24.3 Å². The van der Waals surface area contributed by atoms with Crippen molar-refractivity contribution in [1.29, 1.82) is 0 Å². The van der Waals surface area contributed by atoms with Gasteiger partial charge in [0.15, 0.2) is 6.29 Å². The Balaban J connectivity index is 1.62. The Kier molecular flexibility index (Phi) is 3.91. The zero-order chi connectivity index (χ0) is 14.1. The van der Waals surface area contributed by atoms with Crippen molar-refractivity contribution in [3.05, 3.63) is 29.8 Å². The molecule has 1 aromatic carbocycles. The highest BCUT2D eigenvalue weighted by Crippen LogP contribution is 2.30. The fourth-order valence-electron chi connectivity index (χ4n) is 2.48. The number of aliphatic hydroxyl groups is 2. The van der Waals surface area contributed by atoms with Crippen molar-refractivity contribution in [1.82, 2.24) is 0 Å². The van der Waals surface area contributed by atoms with Gasteiger partial charge in [-0.2, -0.15) is 0 Å². The Morgan fingerprint density at radius 2 is 1.95 bits per heavy atom. The number of hydrogen-bond acceptors (Lipinski definition) is 6. The smallest absolute Gasteiger partial charge is 0.186 e. The van der Waals surface area contributed by atoms with Crippen LogP contribution in [0, 0.1) is 0 Å². The number of benzene rings is 1. The molecule has 0 saturated carbocycles. The molecule has 5 atom stereocenters. The first kappa shape index (κ1) is 13.8. The second-order valence-corrected chi connectivity index (χ2v) is 4.98. The quantitative estimate of drug-likeness (QED) is 0.813. The maximum atomic E-state index is 10.1. The molecule has 20 heavy (non-hydrogen) atoms. The lowest BCUT2D eigenvalue weighted by Crippen LogP contribution is -2.54. The summed E-state index contributed by atoms with van der Waals surface area (Å²) >= 11 is 0. The van der Waals surface area contributed by atoms with Gasteiger partial charge in [-0.3, -0.25) is 0 Å². The van der Waals surface area contributed by atoms with E-state index in [0.29, 0.717) is 6.61 Å². The van der Waals surface area contributed by atoms with E-state index in [4.69, 9.17) is 18.9 Å². The summed E-state index contributed by atoms with van der Waals surface area (Å²) in [5.74, 6) is 0.770. The van der Waals surface area contributed by atoms with Crippen LogP contribution in [0.1, 0.15) is 5.56 Å². The lowest BCUT2D eigenvalue weighted by molar-refractivity contribution is -0.242. The highest BCUT2D eigenvalue weighted by molar-refractivity contribution is 5.26. The van der Waals surface area contributed by atoms with Gasteiger partial charge in [0.25, 0.3) is 0 Å². The second-order valence-electron chi connectivity index (χ2n) is 4.98. The van der Waals surface area contributed by atoms with E-state index in [-0.39, 0.29) is 6.61 Å². The molecule has 2 saturated heterocycles. The van der Waals surface area contributed by atoms with Crippen molar-refractivity contribution in [2.24, 2.45) is 0 Å². The van der Waals surface area contributed by atoms with Crippen molar-refractivity contribution in [2.45, 2.75) is 37.3 Å². The van der Waals surface area contributed by atoms with Crippen LogP contribution in [0.2, 0.25) is 0 Å². The van der Waals surface area contributed by atoms with Crippen molar-refractivity contribution >= 4 is 0 Å². The van der Waals surface area contributed by atoms with Crippen LogP contribution < -0.4 is 4.74 Å². The Bertz CT molecular complexity index is 431. The molecule has 0 aliphatic carbocycles. The lowest BCUT2D eigenvalue weighted by atomic mass is 10.0. The van der Waals surface area contributed by atoms with Gasteiger partial charge in [-0.05, 0) is 17.7 Å². The fraction of sp³-hybridized carbons (Fsp3) is 0.571. The van der Waals surface area contributed by atoms with Crippen LogP contribution in [0.4, 0.5) is 0 Å². The molecule has 2 aliphatic rings. The third-order valence-electron chi connectivity index (χ3n) is 3.67. The average Bonchev–Trinajstić information content (AvgIpc) is 2.93. The molecule has 6 nitrogen and oxygen atoms in total. The average molecular weight is 282 g/mol. The van der Waals surface area contributed by atoms with Crippen molar-refractivity contribution in [3.8, 4) is 5.75 Å². The van der Waals surface area contributed by atoms with Crippen LogP contribution in [0.25, 0.3) is 0 Å². The van der Waals surface area contributed by atoms with E-state index in [9.17, 15) is 10.2 Å². The number of fused-ring (bicyclic) bond motifs is 2. The van der Waals surface area contributed by atoms with E-state index < -0.39 is 30.7 Å². The topological polar surface area (TPSA) is 77.4 Å². The largest absolute Gasteiger partial charge is 0.497 e. The van der Waals surface area contributed by atoms with Crippen LogP contribution in [0.5, 0.6) is 5.75 Å². The van der Waals surface area contributed by atoms with Crippen LogP contribution in [0.3, 0.4) is 0 Å². The molecule has 0 radical (unpaired) electrons. The minimum Gasteiger partial charge on any atom is -0.497 e. The Hall–Kier alpha value is -1.18. The van der Waals surface area contributed by atoms with Gasteiger partial charge >= 0.3 is 0 Å². The number of methoxy groups -OCH3 is 1. The predicted octanol–water partition coefficient (Wildman–Crippen LogP) is 0.0573. The van der Waals surface area contributed by atoms with Gasteiger partial charge in [-0.1, -0.05) is 12.1 Å². The highest BCUT2D eigenvalue weighted by atomic mass is 16.7. The first-order chi connectivity index (χ1) is 9.69. The normalized spacial score (nSPS) is 36.0. The lowest BCUT2D eigenvalue weighted by Gasteiger charge is -2.35. The molecule has 0 unspecified atom stereocenters. The van der Waals surface area contributed by atoms with Crippen molar-refractivity contribution in [2.75, 3.05) is 13.7 Å². The molecule has 2 N–H and O–H groups in total. The van der Waals surface area contributed by atoms with Gasteiger partial charge < -0.3 is 29.2 Å². The molecule has 0 aromatic heterocycles. The van der Waals surface area contributed by atoms with Gasteiger partial charge in [0.05, 0.1) is 20.3 Å². The summed E-state index contributed by atoms with van der Waals surface area (Å²) in [5.41, 5.74) is 0.935. The van der Waals surface area contributed by atoms with Crippen LogP contribution in [-0.4, -0.2) is 54.6 Å². The molecule has 110 valence electrons. The van der Waals surface area contributed by atoms with E-state index in [0.717, 1.165) is 11.3 Å². The van der Waals surface area contributed by atoms with Gasteiger partial charge in [0.1, 0.15) is 30.2 Å². The summed E-state index contributed by atoms with van der Waals surface area (Å²) < 4.78 is 21.3. The van der Waals surface area contributed by atoms with Gasteiger partial charge in [-0.15, -0.1) is 0 Å². The summed E-state index contributed by atoms with van der Waals surface area (Å²) in [5, 5.41) is 20.1. The molecule has 0 amide bonds. The summed E-state index contributed by atoms with van der Waals surface area (Å²) in [6.07, 6.45) is -3.71. The molecule has 2 aliphatic heterocycles. The van der Waals surface area contributed by atoms with E-state index in [2.05, 4.69) is 0 Å². The molecular weight excluding hydrogens is 264 g/mol. The third kappa shape index (κ3) is 2.53. The van der Waals surface area contributed by atoms with Crippen LogP contribution >= 0.6 is 0 Å². The summed E-state index contributed by atoms with van der Waals surface area (Å²) in [7, 11) is 1.61. The summed E-state index contributed by atoms with van der Waals surface area (Å²) in [4.78, 5) is 0. The van der Waals surface area contributed by atoms with Crippen LogP contribution in [-0.2, 0) is 20.8 Å². The molecule has 2 heterocycles. The molecule has 0 spiro atoms. The molecular formula is C14H18O6. The molecule has 2 bridgehead atoms. The maximum Gasteiger partial charge on any atom is 0.186 e. The zero-order valence-corrected chi connectivity index (χ0v) is 11.1. The first-order valence-corrected chi connectivity index (χ1v) is 6.57. The number of aliphatic hydroxyl groups excluding tert-OH is 2. The summed E-state index contributed by atoms with van der Waals surface area (Å²) in [6.45, 7) is 0.577. The Morgan fingerprint density at radius 1 is 1.20 bits per heavy atom. The zero-order valence-electron chi connectivity index (χ0n) is 11.1. The Morgan fingerprint density at radius 3 is 2.65 bits per heavy atom. The maximum absolute atomic E-state index is 10.1. The Labute approximate surface area is 116 Å². The molecule has 3 rings (SSSR count). The number of rotatable bonds is 4. The minimum absolute atomic E-state index is 0.283. The van der Waals surface area contributed by atoms with Gasteiger partial charge in [-0.25, -0.2) is 0 Å². The minimum atomic E-state index is -0.984. The standard InChI is InChI=1S/C14H18O6/c1-17-9-4-2-8(3-5-9)6-18-13-11(15)10-7-19-14(20-10)12(13)16/h2-5,10-16H,6-7H2,1H3/t10-,11-,12+,13+,14-/m1/s1. The highest BCUT2D eigenvalue weighted by Gasteiger charge is 2.50. The van der Waals surface area contributed by atoms with Gasteiger partial charge in [0.2, 0.25) is 0 Å². The van der Waals surface area contributed by atoms with Crippen molar-refractivity contribution in [3.63, 3.8) is 0 Å². The monoisotopic (exact) mass is 282 g/mol. The molecule has 1 aromatic rings. The van der Waals surface area contributed by atoms with E-state index in [1.807, 2.05) is 24.3 Å². The summed E-state index contributed by atoms with van der Waals surface area (Å²) in [6, 6.07) is 7.43. The van der Waals surface area contributed by atoms with Crippen molar-refractivity contribution < 1.29 is 29.2 Å². The van der Waals surface area contributed by atoms with Gasteiger partial charge in [0, 0.05) is 0 Å². The number of ether oxygens (including phenoxy) is 4. The van der Waals surface area contributed by atoms with E-state index in [1.165, 1.54) is 0 Å². The number of hydrogen-bond donors (Lipinski definition) is 2. The third-order valence-corrected chi connectivity index (χ3v) is 3.67. The fourth-order valence-corrected chi connectivity index (χ4v) is 2.48. The SMILES string of the molecule is COc1ccc(CO[C@@H]2[C@H](O)[C@@H]3OC[C@@H](O3)[C@H]2O)cc1. The molecule has 2 fully saturated rings. The predicted molar refractivity (Wildman–Crippen MR) is 68.2 cm³/mol. The van der Waals surface area contributed by atoms with E-state index in [1.54, 1.807) is 7.11 Å².